The normalized spacial score (nSPS) is 10.9. The van der Waals surface area contributed by atoms with Gasteiger partial charge in [-0.3, -0.25) is 0 Å². The fourth-order valence-corrected chi connectivity index (χ4v) is 2.24. The molecule has 0 aromatic heterocycles. The molecule has 120 valence electrons. The van der Waals surface area contributed by atoms with E-state index in [0.29, 0.717) is 6.54 Å². The predicted molar refractivity (Wildman–Crippen MR) is 82.2 cm³/mol. The van der Waals surface area contributed by atoms with Crippen LogP contribution in [-0.2, 0) is 0 Å². The summed E-state index contributed by atoms with van der Waals surface area (Å²) in [6.45, 7) is 5.80. The molecule has 0 heterocycles. The summed E-state index contributed by atoms with van der Waals surface area (Å²) in [4.78, 5) is 12.7. The van der Waals surface area contributed by atoms with Crippen LogP contribution < -0.4 is 5.32 Å². The third-order valence-corrected chi connectivity index (χ3v) is 3.39. The van der Waals surface area contributed by atoms with Crippen LogP contribution >= 0.6 is 0 Å². The second-order valence-electron chi connectivity index (χ2n) is 5.27. The fraction of sp³-hybridized carbons (Fsp3) is 0.933. The molecule has 0 radical (unpaired) electrons. The standard InChI is InChI=1S/C15H32N2O3/c1-2-3-4-5-6-7-11-17(13-9-14-18)12-8-10-16-15(19)20/h16,18H,2-14H2,1H3,(H,19,20). The number of unbranched alkanes of at least 4 members (excludes halogenated alkanes) is 5. The highest BCUT2D eigenvalue weighted by Crippen LogP contribution is 2.06. The summed E-state index contributed by atoms with van der Waals surface area (Å²) >= 11 is 0. The SMILES string of the molecule is CCCCCCCCN(CCCO)CCCNC(=O)O. The van der Waals surface area contributed by atoms with Crippen LogP contribution in [0, 0.1) is 0 Å². The number of rotatable bonds is 14. The van der Waals surface area contributed by atoms with Crippen LogP contribution in [0.2, 0.25) is 0 Å². The maximum absolute atomic E-state index is 10.4. The molecule has 0 aromatic carbocycles. The van der Waals surface area contributed by atoms with Crippen molar-refractivity contribution in [3.63, 3.8) is 0 Å². The highest BCUT2D eigenvalue weighted by Gasteiger charge is 2.04. The first-order valence-corrected chi connectivity index (χ1v) is 8.00. The van der Waals surface area contributed by atoms with Gasteiger partial charge in [-0.15, -0.1) is 0 Å². The zero-order valence-corrected chi connectivity index (χ0v) is 12.9. The number of hydrogen-bond donors (Lipinski definition) is 3. The Morgan fingerprint density at radius 3 is 2.20 bits per heavy atom. The smallest absolute Gasteiger partial charge is 0.404 e. The largest absolute Gasteiger partial charge is 0.465 e. The van der Waals surface area contributed by atoms with Crippen molar-refractivity contribution in [1.82, 2.24) is 10.2 Å². The van der Waals surface area contributed by atoms with Crippen molar-refractivity contribution in [2.75, 3.05) is 32.8 Å². The molecule has 0 saturated carbocycles. The molecular weight excluding hydrogens is 256 g/mol. The lowest BCUT2D eigenvalue weighted by atomic mass is 10.1. The molecule has 0 fully saturated rings. The van der Waals surface area contributed by atoms with Gasteiger partial charge in [0.25, 0.3) is 0 Å². The first-order chi connectivity index (χ1) is 9.70. The Balaban J connectivity index is 3.64. The van der Waals surface area contributed by atoms with Gasteiger partial charge in [-0.25, -0.2) is 4.79 Å². The summed E-state index contributed by atoms with van der Waals surface area (Å²) in [6, 6.07) is 0. The molecule has 0 rings (SSSR count). The van der Waals surface area contributed by atoms with E-state index < -0.39 is 6.09 Å². The predicted octanol–water partition coefficient (Wildman–Crippen LogP) is 2.69. The van der Waals surface area contributed by atoms with Crippen molar-refractivity contribution in [1.29, 1.82) is 0 Å². The number of amides is 1. The van der Waals surface area contributed by atoms with E-state index in [1.54, 1.807) is 0 Å². The lowest BCUT2D eigenvalue weighted by molar-refractivity contribution is 0.192. The van der Waals surface area contributed by atoms with Gasteiger partial charge in [-0.05, 0) is 32.4 Å². The van der Waals surface area contributed by atoms with Gasteiger partial charge in [-0.1, -0.05) is 39.0 Å². The Morgan fingerprint density at radius 1 is 0.950 bits per heavy atom. The number of carboxylic acid groups (broad SMARTS) is 1. The summed E-state index contributed by atoms with van der Waals surface area (Å²) in [5.41, 5.74) is 0. The molecular formula is C15H32N2O3. The Kier molecular flexibility index (Phi) is 14.0. The van der Waals surface area contributed by atoms with Crippen LogP contribution in [0.4, 0.5) is 4.79 Å². The first kappa shape index (κ1) is 19.2. The fourth-order valence-electron chi connectivity index (χ4n) is 2.24. The third-order valence-electron chi connectivity index (χ3n) is 3.39. The summed E-state index contributed by atoms with van der Waals surface area (Å²) in [5.74, 6) is 0. The van der Waals surface area contributed by atoms with Gasteiger partial charge < -0.3 is 20.4 Å². The zero-order valence-electron chi connectivity index (χ0n) is 12.9. The number of carbonyl (C=O) groups is 1. The minimum absolute atomic E-state index is 0.223. The van der Waals surface area contributed by atoms with E-state index in [0.717, 1.165) is 32.5 Å². The lowest BCUT2D eigenvalue weighted by Gasteiger charge is -2.21. The van der Waals surface area contributed by atoms with E-state index in [1.807, 2.05) is 0 Å². The van der Waals surface area contributed by atoms with Crippen molar-refractivity contribution >= 4 is 6.09 Å². The van der Waals surface area contributed by atoms with E-state index >= 15 is 0 Å². The Morgan fingerprint density at radius 2 is 1.55 bits per heavy atom. The second kappa shape index (κ2) is 14.6. The van der Waals surface area contributed by atoms with Crippen molar-refractivity contribution in [3.8, 4) is 0 Å². The van der Waals surface area contributed by atoms with Crippen LogP contribution in [0.3, 0.4) is 0 Å². The monoisotopic (exact) mass is 288 g/mol. The minimum atomic E-state index is -0.956. The number of aliphatic hydroxyl groups is 1. The van der Waals surface area contributed by atoms with Gasteiger partial charge in [0, 0.05) is 19.7 Å². The molecule has 0 atom stereocenters. The quantitative estimate of drug-likeness (QED) is 0.430. The molecule has 0 spiro atoms. The summed E-state index contributed by atoms with van der Waals surface area (Å²) < 4.78 is 0. The molecule has 0 saturated heterocycles. The number of nitrogens with zero attached hydrogens (tertiary/aromatic N) is 1. The van der Waals surface area contributed by atoms with Gasteiger partial charge >= 0.3 is 6.09 Å². The summed E-state index contributed by atoms with van der Waals surface area (Å²) in [5, 5.41) is 19.8. The van der Waals surface area contributed by atoms with Crippen molar-refractivity contribution in [2.45, 2.75) is 58.3 Å². The topological polar surface area (TPSA) is 72.8 Å². The van der Waals surface area contributed by atoms with Crippen LogP contribution in [-0.4, -0.2) is 54.0 Å². The van der Waals surface area contributed by atoms with Crippen LogP contribution in [0.1, 0.15) is 58.3 Å². The van der Waals surface area contributed by atoms with Gasteiger partial charge in [0.05, 0.1) is 0 Å². The molecule has 0 unspecified atom stereocenters. The molecule has 3 N–H and O–H groups in total. The van der Waals surface area contributed by atoms with Crippen LogP contribution in [0.25, 0.3) is 0 Å². The molecule has 0 aliphatic carbocycles. The van der Waals surface area contributed by atoms with Gasteiger partial charge in [-0.2, -0.15) is 0 Å². The summed E-state index contributed by atoms with van der Waals surface area (Å²) in [7, 11) is 0. The highest BCUT2D eigenvalue weighted by molar-refractivity contribution is 5.64. The van der Waals surface area contributed by atoms with E-state index in [1.165, 1.54) is 38.5 Å². The molecule has 0 aliphatic rings. The minimum Gasteiger partial charge on any atom is -0.465 e. The van der Waals surface area contributed by atoms with E-state index in [2.05, 4.69) is 17.1 Å². The average molecular weight is 288 g/mol. The Bertz CT molecular complexity index is 225. The van der Waals surface area contributed by atoms with Gasteiger partial charge in [0.1, 0.15) is 0 Å². The first-order valence-electron chi connectivity index (χ1n) is 8.00. The van der Waals surface area contributed by atoms with Crippen LogP contribution in [0.15, 0.2) is 0 Å². The molecule has 0 aromatic rings. The Labute approximate surface area is 123 Å². The molecule has 5 nitrogen and oxygen atoms in total. The molecule has 0 bridgehead atoms. The maximum Gasteiger partial charge on any atom is 0.404 e. The van der Waals surface area contributed by atoms with Gasteiger partial charge in [0.2, 0.25) is 0 Å². The lowest BCUT2D eigenvalue weighted by Crippen LogP contribution is -2.31. The molecule has 20 heavy (non-hydrogen) atoms. The summed E-state index contributed by atoms with van der Waals surface area (Å²) in [6.07, 6.45) is 8.37. The van der Waals surface area contributed by atoms with Crippen molar-refractivity contribution in [3.05, 3.63) is 0 Å². The molecule has 1 amide bonds. The van der Waals surface area contributed by atoms with E-state index in [4.69, 9.17) is 10.2 Å². The maximum atomic E-state index is 10.4. The third kappa shape index (κ3) is 13.6. The number of nitrogens with one attached hydrogen (secondary N) is 1. The molecule has 0 aliphatic heterocycles. The van der Waals surface area contributed by atoms with Gasteiger partial charge in [0.15, 0.2) is 0 Å². The van der Waals surface area contributed by atoms with Crippen molar-refractivity contribution < 1.29 is 15.0 Å². The van der Waals surface area contributed by atoms with Crippen molar-refractivity contribution in [2.24, 2.45) is 0 Å². The number of aliphatic hydroxyl groups excluding tert-OH is 1. The average Bonchev–Trinajstić information content (AvgIpc) is 2.43. The number of hydrogen-bond acceptors (Lipinski definition) is 3. The zero-order chi connectivity index (χ0) is 15.1. The highest BCUT2D eigenvalue weighted by atomic mass is 16.4. The van der Waals surface area contributed by atoms with E-state index in [-0.39, 0.29) is 6.61 Å². The van der Waals surface area contributed by atoms with E-state index in [9.17, 15) is 4.79 Å². The van der Waals surface area contributed by atoms with Crippen LogP contribution in [0.5, 0.6) is 0 Å². The molecule has 5 heteroatoms. The second-order valence-corrected chi connectivity index (χ2v) is 5.27. The Hall–Kier alpha value is -0.810.